The lowest BCUT2D eigenvalue weighted by Crippen LogP contribution is -2.53. The Morgan fingerprint density at radius 1 is 1.05 bits per heavy atom. The van der Waals surface area contributed by atoms with Crippen LogP contribution in [0.15, 0.2) is 48.5 Å². The molecule has 1 aliphatic rings. The van der Waals surface area contributed by atoms with E-state index in [1.807, 2.05) is 51.1 Å². The molecule has 38 heavy (non-hydrogen) atoms. The van der Waals surface area contributed by atoms with Crippen LogP contribution in [0, 0.1) is 11.2 Å². The Hall–Kier alpha value is -3.13. The van der Waals surface area contributed by atoms with Gasteiger partial charge in [-0.1, -0.05) is 51.1 Å². The average Bonchev–Trinajstić information content (AvgIpc) is 3.18. The molecular weight excluding hydrogens is 485 g/mol. The van der Waals surface area contributed by atoms with Crippen molar-refractivity contribution in [1.29, 1.82) is 0 Å². The van der Waals surface area contributed by atoms with Gasteiger partial charge in [0.2, 0.25) is 5.91 Å². The first kappa shape index (κ1) is 29.4. The molecule has 0 saturated carbocycles. The highest BCUT2D eigenvalue weighted by atomic mass is 19.1. The zero-order chi connectivity index (χ0) is 27.9. The van der Waals surface area contributed by atoms with Crippen molar-refractivity contribution in [2.24, 2.45) is 5.41 Å². The maximum absolute atomic E-state index is 14.0. The molecule has 2 aromatic rings. The number of carbonyl (C=O) groups excluding carboxylic acids is 2. The van der Waals surface area contributed by atoms with E-state index < -0.39 is 17.7 Å². The Morgan fingerprint density at radius 2 is 1.76 bits per heavy atom. The zero-order valence-corrected chi connectivity index (χ0v) is 23.4. The minimum Gasteiger partial charge on any atom is -0.444 e. The van der Waals surface area contributed by atoms with Crippen molar-refractivity contribution in [1.82, 2.24) is 10.6 Å². The van der Waals surface area contributed by atoms with E-state index in [1.165, 1.54) is 6.07 Å². The summed E-state index contributed by atoms with van der Waals surface area (Å²) in [6, 6.07) is 13.4. The highest BCUT2D eigenvalue weighted by molar-refractivity contribution is 5.86. The van der Waals surface area contributed by atoms with Gasteiger partial charge in [-0.15, -0.1) is 0 Å². The molecule has 3 N–H and O–H groups in total. The van der Waals surface area contributed by atoms with E-state index in [0.717, 1.165) is 16.8 Å². The van der Waals surface area contributed by atoms with Gasteiger partial charge in [-0.25, -0.2) is 9.18 Å². The highest BCUT2D eigenvalue weighted by Gasteiger charge is 2.32. The third-order valence-corrected chi connectivity index (χ3v) is 6.16. The highest BCUT2D eigenvalue weighted by Crippen LogP contribution is 2.35. The van der Waals surface area contributed by atoms with Crippen LogP contribution in [-0.2, 0) is 20.9 Å². The zero-order valence-electron chi connectivity index (χ0n) is 23.4. The summed E-state index contributed by atoms with van der Waals surface area (Å²) in [4.78, 5) is 26.1. The van der Waals surface area contributed by atoms with Gasteiger partial charge < -0.3 is 25.4 Å². The van der Waals surface area contributed by atoms with E-state index in [4.69, 9.17) is 9.47 Å². The van der Waals surface area contributed by atoms with Crippen LogP contribution in [0.1, 0.15) is 71.4 Å². The summed E-state index contributed by atoms with van der Waals surface area (Å²) in [6.45, 7) is 12.7. The predicted molar refractivity (Wildman–Crippen MR) is 148 cm³/mol. The quantitative estimate of drug-likeness (QED) is 0.366. The van der Waals surface area contributed by atoms with Gasteiger partial charge in [-0.3, -0.25) is 4.79 Å². The summed E-state index contributed by atoms with van der Waals surface area (Å²) >= 11 is 0. The Kier molecular flexibility index (Phi) is 9.77. The van der Waals surface area contributed by atoms with Crippen LogP contribution in [0.3, 0.4) is 0 Å². The van der Waals surface area contributed by atoms with E-state index in [9.17, 15) is 14.0 Å². The topological polar surface area (TPSA) is 88.7 Å². The summed E-state index contributed by atoms with van der Waals surface area (Å²) in [7, 11) is 0. The number of carbonyl (C=O) groups is 2. The molecule has 1 heterocycles. The summed E-state index contributed by atoms with van der Waals surface area (Å²) in [5, 5.41) is 9.19. The maximum Gasteiger partial charge on any atom is 0.408 e. The Balaban J connectivity index is 1.74. The van der Waals surface area contributed by atoms with E-state index >= 15 is 0 Å². The number of ether oxygens (including phenoxy) is 2. The number of alkyl carbamates (subject to hydrolysis) is 1. The third-order valence-electron chi connectivity index (χ3n) is 6.16. The van der Waals surface area contributed by atoms with Crippen LogP contribution in [0.4, 0.5) is 14.9 Å². The van der Waals surface area contributed by atoms with Crippen LogP contribution in [0.25, 0.3) is 0 Å². The molecule has 0 aliphatic carbocycles. The van der Waals surface area contributed by atoms with Gasteiger partial charge in [-0.2, -0.15) is 0 Å². The smallest absolute Gasteiger partial charge is 0.408 e. The lowest BCUT2D eigenvalue weighted by atomic mass is 9.87. The Labute approximate surface area is 225 Å². The van der Waals surface area contributed by atoms with Crippen molar-refractivity contribution >= 4 is 17.7 Å². The Bertz CT molecular complexity index is 1080. The second kappa shape index (κ2) is 12.6. The molecule has 0 radical (unpaired) electrons. The number of rotatable bonds is 10. The molecule has 0 aromatic heterocycles. The lowest BCUT2D eigenvalue weighted by Gasteiger charge is -2.30. The van der Waals surface area contributed by atoms with Crippen LogP contribution in [0.5, 0.6) is 0 Å². The van der Waals surface area contributed by atoms with Crippen LogP contribution < -0.4 is 16.0 Å². The summed E-state index contributed by atoms with van der Waals surface area (Å²) in [6.07, 6.45) is 0.344. The molecule has 3 rings (SSSR count). The number of nitrogens with one attached hydrogen (secondary N) is 3. The molecule has 208 valence electrons. The molecular formula is C30H42FN3O4. The first-order valence-corrected chi connectivity index (χ1v) is 13.2. The van der Waals surface area contributed by atoms with E-state index in [2.05, 4.69) is 16.0 Å². The number of hydrogen-bond acceptors (Lipinski definition) is 5. The van der Waals surface area contributed by atoms with Gasteiger partial charge in [0.1, 0.15) is 17.5 Å². The van der Waals surface area contributed by atoms with Crippen molar-refractivity contribution in [2.75, 3.05) is 18.5 Å². The predicted octanol–water partition coefficient (Wildman–Crippen LogP) is 5.76. The van der Waals surface area contributed by atoms with Crippen LogP contribution in [0.2, 0.25) is 0 Å². The van der Waals surface area contributed by atoms with Gasteiger partial charge in [0, 0.05) is 18.2 Å². The molecule has 7 nitrogen and oxygen atoms in total. The molecule has 8 heteroatoms. The van der Waals surface area contributed by atoms with E-state index in [1.54, 1.807) is 32.9 Å². The van der Waals surface area contributed by atoms with E-state index in [0.29, 0.717) is 26.0 Å². The maximum atomic E-state index is 14.0. The van der Waals surface area contributed by atoms with Crippen LogP contribution in [-0.4, -0.2) is 42.8 Å². The molecule has 1 aliphatic heterocycles. The van der Waals surface area contributed by atoms with Crippen molar-refractivity contribution in [3.8, 4) is 0 Å². The van der Waals surface area contributed by atoms with Crippen LogP contribution >= 0.6 is 0 Å². The Morgan fingerprint density at radius 3 is 2.42 bits per heavy atom. The number of anilines is 1. The first-order chi connectivity index (χ1) is 17.8. The largest absolute Gasteiger partial charge is 0.444 e. The molecule has 0 saturated heterocycles. The van der Waals surface area contributed by atoms with Gasteiger partial charge in [0.05, 0.1) is 19.3 Å². The van der Waals surface area contributed by atoms with Gasteiger partial charge >= 0.3 is 6.09 Å². The summed E-state index contributed by atoms with van der Waals surface area (Å²) < 4.78 is 25.4. The average molecular weight is 528 g/mol. The van der Waals surface area contributed by atoms with Crippen molar-refractivity contribution in [2.45, 2.75) is 84.6 Å². The van der Waals surface area contributed by atoms with Gasteiger partial charge in [0.25, 0.3) is 0 Å². The second-order valence-electron chi connectivity index (χ2n) is 12.2. The normalized spacial score (nSPS) is 16.7. The lowest BCUT2D eigenvalue weighted by molar-refractivity contribution is -0.125. The number of fused-ring (bicyclic) bond motifs is 1. The number of halogens is 1. The minimum absolute atomic E-state index is 0.00575. The fraction of sp³-hybridized carbons (Fsp3) is 0.533. The SMILES string of the molecule is CC(C)(C)C[C@H](NC(=O)OC(C)(C)C)C(=O)N[C@@H](COCc1ccccc1)CC1CNc2ccc(F)cc21. The molecule has 3 atom stereocenters. The summed E-state index contributed by atoms with van der Waals surface area (Å²) in [5.41, 5.74) is 1.93. The van der Waals surface area contributed by atoms with Gasteiger partial charge in [0.15, 0.2) is 0 Å². The first-order valence-electron chi connectivity index (χ1n) is 13.2. The standard InChI is InChI=1S/C30H42FN3O4/c1-29(2,3)16-26(34-28(36)38-30(4,5)6)27(35)33-23(19-37-18-20-10-8-7-9-11-20)14-21-17-32-25-13-12-22(31)15-24(21)25/h7-13,15,21,23,26,32H,14,16-19H2,1-6H3,(H,33,35)(H,34,36)/t21?,23-,26+/m1/s1. The monoisotopic (exact) mass is 527 g/mol. The molecule has 0 bridgehead atoms. The third kappa shape index (κ3) is 9.63. The molecule has 1 unspecified atom stereocenters. The molecule has 0 fully saturated rings. The van der Waals surface area contributed by atoms with Crippen molar-refractivity contribution < 1.29 is 23.5 Å². The number of benzene rings is 2. The van der Waals surface area contributed by atoms with E-state index in [-0.39, 0.29) is 35.7 Å². The second-order valence-corrected chi connectivity index (χ2v) is 12.2. The summed E-state index contributed by atoms with van der Waals surface area (Å²) in [5.74, 6) is -0.583. The fourth-order valence-corrected chi connectivity index (χ4v) is 4.56. The molecule has 2 aromatic carbocycles. The molecule has 2 amide bonds. The minimum atomic E-state index is -0.784. The van der Waals surface area contributed by atoms with Gasteiger partial charge in [-0.05, 0) is 68.4 Å². The number of amides is 2. The van der Waals surface area contributed by atoms with Crippen molar-refractivity contribution in [3.63, 3.8) is 0 Å². The fourth-order valence-electron chi connectivity index (χ4n) is 4.56. The van der Waals surface area contributed by atoms with Crippen molar-refractivity contribution in [3.05, 3.63) is 65.5 Å². The number of hydrogen-bond donors (Lipinski definition) is 3. The molecule has 0 spiro atoms.